The Balaban J connectivity index is 1.76. The molecule has 1 saturated carbocycles. The van der Waals surface area contributed by atoms with E-state index in [2.05, 4.69) is 4.72 Å². The molecule has 184 valence electrons. The molecule has 1 unspecified atom stereocenters. The van der Waals surface area contributed by atoms with Crippen molar-refractivity contribution in [1.29, 1.82) is 0 Å². The number of likely N-dealkylation sites (tertiary alicyclic amines) is 1. The third kappa shape index (κ3) is 4.69. The van der Waals surface area contributed by atoms with Crippen LogP contribution in [0.5, 0.6) is 0 Å². The van der Waals surface area contributed by atoms with E-state index in [9.17, 15) is 31.5 Å². The molecule has 1 spiro atoms. The fourth-order valence-corrected chi connectivity index (χ4v) is 5.63. The number of amides is 1. The van der Waals surface area contributed by atoms with Gasteiger partial charge in [0.15, 0.2) is 6.10 Å². The number of hydrogen-bond donors (Lipinski definition) is 2. The zero-order valence-electron chi connectivity index (χ0n) is 18.1. The first kappa shape index (κ1) is 24.6. The fourth-order valence-electron chi connectivity index (χ4n) is 4.78. The second-order valence-corrected chi connectivity index (χ2v) is 10.6. The first-order chi connectivity index (χ1) is 16.1. The van der Waals surface area contributed by atoms with Gasteiger partial charge in [-0.05, 0) is 42.5 Å². The molecule has 2 aromatic carbocycles. The second kappa shape index (κ2) is 9.27. The van der Waals surface area contributed by atoms with Crippen molar-refractivity contribution in [3.8, 4) is 11.1 Å². The Morgan fingerprint density at radius 2 is 1.85 bits per heavy atom. The number of alkyl halides is 2. The van der Waals surface area contributed by atoms with Crippen LogP contribution in [0, 0.1) is 17.0 Å². The highest BCUT2D eigenvalue weighted by Crippen LogP contribution is 2.55. The standard InChI is InChI=1S/C23H24F4N2O4S/c24-11-19(30)22(31)29-12-23(6-7-23)21(28-34(32,33)13-25)18(29)9-15-8-16(26)10-17(20(15)27)14-4-2-1-3-5-14/h1-5,8,10,18-19,21,28,30H,6-7,9,11-13H2/t18-,19?,21+/m0/s1. The molecule has 34 heavy (non-hydrogen) atoms. The number of halogens is 4. The number of carbonyl (C=O) groups is 1. The molecule has 6 nitrogen and oxygen atoms in total. The largest absolute Gasteiger partial charge is 0.381 e. The van der Waals surface area contributed by atoms with Crippen LogP contribution in [0.25, 0.3) is 11.1 Å². The molecule has 3 atom stereocenters. The molecule has 1 amide bonds. The molecule has 2 N–H and O–H groups in total. The van der Waals surface area contributed by atoms with Gasteiger partial charge in [-0.1, -0.05) is 30.3 Å². The highest BCUT2D eigenvalue weighted by atomic mass is 32.2. The molecule has 1 saturated heterocycles. The number of hydrogen-bond acceptors (Lipinski definition) is 4. The molecule has 0 aromatic heterocycles. The molecule has 1 heterocycles. The highest BCUT2D eigenvalue weighted by molar-refractivity contribution is 7.89. The summed E-state index contributed by atoms with van der Waals surface area (Å²) in [6, 6.07) is 6.44. The lowest BCUT2D eigenvalue weighted by Gasteiger charge is -2.30. The van der Waals surface area contributed by atoms with Crippen molar-refractivity contribution in [2.75, 3.05) is 19.2 Å². The number of sulfonamides is 1. The van der Waals surface area contributed by atoms with Crippen molar-refractivity contribution in [2.45, 2.75) is 37.5 Å². The number of aliphatic hydroxyl groups is 1. The van der Waals surface area contributed by atoms with Crippen molar-refractivity contribution in [3.63, 3.8) is 0 Å². The van der Waals surface area contributed by atoms with Gasteiger partial charge in [0.1, 0.15) is 18.3 Å². The Morgan fingerprint density at radius 3 is 2.44 bits per heavy atom. The van der Waals surface area contributed by atoms with Gasteiger partial charge >= 0.3 is 0 Å². The van der Waals surface area contributed by atoms with Crippen LogP contribution < -0.4 is 4.72 Å². The summed E-state index contributed by atoms with van der Waals surface area (Å²) in [6.45, 7) is -1.38. The van der Waals surface area contributed by atoms with E-state index in [1.807, 2.05) is 0 Å². The number of benzene rings is 2. The minimum atomic E-state index is -4.36. The summed E-state index contributed by atoms with van der Waals surface area (Å²) in [5, 5.41) is 9.82. The van der Waals surface area contributed by atoms with Gasteiger partial charge in [0.25, 0.3) is 5.91 Å². The van der Waals surface area contributed by atoms with Crippen LogP contribution in [0.3, 0.4) is 0 Å². The van der Waals surface area contributed by atoms with E-state index in [4.69, 9.17) is 0 Å². The third-order valence-corrected chi connectivity index (χ3v) is 7.51. The number of nitrogens with one attached hydrogen (secondary N) is 1. The molecule has 1 aliphatic carbocycles. The predicted octanol–water partition coefficient (Wildman–Crippen LogP) is 2.71. The van der Waals surface area contributed by atoms with Crippen LogP contribution in [0.4, 0.5) is 17.6 Å². The van der Waals surface area contributed by atoms with Gasteiger partial charge in [-0.3, -0.25) is 4.79 Å². The molecule has 2 fully saturated rings. The van der Waals surface area contributed by atoms with Crippen LogP contribution in [0.2, 0.25) is 0 Å². The quantitative estimate of drug-likeness (QED) is 0.546. The average Bonchev–Trinajstić information content (AvgIpc) is 3.56. The molecule has 2 aliphatic rings. The number of aliphatic hydroxyl groups excluding tert-OH is 1. The minimum absolute atomic E-state index is 0.0164. The Labute approximate surface area is 194 Å². The van der Waals surface area contributed by atoms with Gasteiger partial charge in [0.2, 0.25) is 16.0 Å². The summed E-state index contributed by atoms with van der Waals surface area (Å²) in [5.41, 5.74) is -0.470. The Morgan fingerprint density at radius 1 is 1.18 bits per heavy atom. The highest BCUT2D eigenvalue weighted by Gasteiger charge is 2.61. The van der Waals surface area contributed by atoms with Crippen LogP contribution in [-0.4, -0.2) is 61.7 Å². The number of carbonyl (C=O) groups excluding carboxylic acids is 1. The van der Waals surface area contributed by atoms with Gasteiger partial charge in [-0.2, -0.15) is 0 Å². The van der Waals surface area contributed by atoms with Crippen molar-refractivity contribution in [1.82, 2.24) is 9.62 Å². The fraction of sp³-hybridized carbons (Fsp3) is 0.435. The zero-order valence-corrected chi connectivity index (χ0v) is 18.9. The minimum Gasteiger partial charge on any atom is -0.381 e. The van der Waals surface area contributed by atoms with E-state index in [1.54, 1.807) is 30.3 Å². The number of nitrogens with zero attached hydrogens (tertiary/aromatic N) is 1. The van der Waals surface area contributed by atoms with Gasteiger partial charge in [0, 0.05) is 23.6 Å². The lowest BCUT2D eigenvalue weighted by Crippen LogP contribution is -2.51. The van der Waals surface area contributed by atoms with E-state index in [-0.39, 0.29) is 24.1 Å². The van der Waals surface area contributed by atoms with E-state index < -0.39 is 63.8 Å². The summed E-state index contributed by atoms with van der Waals surface area (Å²) in [6.07, 6.45) is -1.30. The molecule has 0 radical (unpaired) electrons. The lowest BCUT2D eigenvalue weighted by atomic mass is 9.91. The summed E-state index contributed by atoms with van der Waals surface area (Å²) >= 11 is 0. The summed E-state index contributed by atoms with van der Waals surface area (Å²) in [5.74, 6) is -2.48. The maximum absolute atomic E-state index is 15.5. The van der Waals surface area contributed by atoms with Gasteiger partial charge in [0.05, 0.1) is 6.04 Å². The lowest BCUT2D eigenvalue weighted by molar-refractivity contribution is -0.142. The van der Waals surface area contributed by atoms with Crippen molar-refractivity contribution in [2.24, 2.45) is 5.41 Å². The van der Waals surface area contributed by atoms with Gasteiger partial charge in [-0.25, -0.2) is 30.7 Å². The Hall–Kier alpha value is -2.50. The normalized spacial score (nSPS) is 22.2. The van der Waals surface area contributed by atoms with Crippen LogP contribution >= 0.6 is 0 Å². The molecule has 11 heteroatoms. The van der Waals surface area contributed by atoms with Crippen molar-refractivity contribution >= 4 is 15.9 Å². The smallest absolute Gasteiger partial charge is 0.254 e. The third-order valence-electron chi connectivity index (χ3n) is 6.61. The summed E-state index contributed by atoms with van der Waals surface area (Å²) < 4.78 is 82.6. The zero-order chi connectivity index (χ0) is 24.7. The predicted molar refractivity (Wildman–Crippen MR) is 116 cm³/mol. The second-order valence-electron chi connectivity index (χ2n) is 8.88. The average molecular weight is 501 g/mol. The van der Waals surface area contributed by atoms with E-state index in [0.29, 0.717) is 18.4 Å². The van der Waals surface area contributed by atoms with Crippen molar-refractivity contribution in [3.05, 3.63) is 59.7 Å². The number of rotatable bonds is 8. The first-order valence-electron chi connectivity index (χ1n) is 10.7. The van der Waals surface area contributed by atoms with Gasteiger partial charge in [-0.15, -0.1) is 0 Å². The maximum atomic E-state index is 15.5. The monoisotopic (exact) mass is 500 g/mol. The Kier molecular flexibility index (Phi) is 6.71. The van der Waals surface area contributed by atoms with Crippen LogP contribution in [0.15, 0.2) is 42.5 Å². The van der Waals surface area contributed by atoms with E-state index in [1.165, 1.54) is 0 Å². The Bertz CT molecular complexity index is 1170. The summed E-state index contributed by atoms with van der Waals surface area (Å²) in [7, 11) is -4.36. The molecule has 0 bridgehead atoms. The van der Waals surface area contributed by atoms with E-state index in [0.717, 1.165) is 17.0 Å². The van der Waals surface area contributed by atoms with Gasteiger partial charge < -0.3 is 10.0 Å². The molecule has 2 aromatic rings. The SMILES string of the molecule is O=C(C(O)CF)N1CC2(CC2)[C@H](NS(=O)(=O)CF)[C@@H]1Cc1cc(F)cc(-c2ccccc2)c1F. The van der Waals surface area contributed by atoms with Crippen LogP contribution in [-0.2, 0) is 21.2 Å². The molecular formula is C23H24F4N2O4S. The summed E-state index contributed by atoms with van der Waals surface area (Å²) in [4.78, 5) is 13.8. The van der Waals surface area contributed by atoms with Crippen molar-refractivity contribution < 1.29 is 35.9 Å². The molecule has 4 rings (SSSR count). The molecule has 1 aliphatic heterocycles. The maximum Gasteiger partial charge on any atom is 0.254 e. The first-order valence-corrected chi connectivity index (χ1v) is 12.4. The van der Waals surface area contributed by atoms with E-state index >= 15 is 4.39 Å². The van der Waals surface area contributed by atoms with Crippen LogP contribution in [0.1, 0.15) is 18.4 Å². The topological polar surface area (TPSA) is 86.7 Å². The molecular weight excluding hydrogens is 476 g/mol.